The fourth-order valence-corrected chi connectivity index (χ4v) is 5.88. The number of carbonyl (C=O) groups excluding carboxylic acids is 6. The van der Waals surface area contributed by atoms with Gasteiger partial charge in [0.25, 0.3) is 40.9 Å². The van der Waals surface area contributed by atoms with E-state index in [-0.39, 0.29) is 16.9 Å². The van der Waals surface area contributed by atoms with Crippen molar-refractivity contribution in [3.05, 3.63) is 98.1 Å². The zero-order valence-corrected chi connectivity index (χ0v) is 37.2. The van der Waals surface area contributed by atoms with E-state index in [2.05, 4.69) is 30.6 Å². The fraction of sp³-hybridized carbons (Fsp3) is 0.243. The number of nitrogens with zero attached hydrogens (tertiary/aromatic N) is 7. The lowest BCUT2D eigenvalue weighted by Gasteiger charge is -2.31. The van der Waals surface area contributed by atoms with Crippen LogP contribution in [0.3, 0.4) is 0 Å². The Morgan fingerprint density at radius 2 is 1.08 bits per heavy atom. The van der Waals surface area contributed by atoms with Crippen molar-refractivity contribution in [3.63, 3.8) is 0 Å². The van der Waals surface area contributed by atoms with Crippen LogP contribution in [-0.4, -0.2) is 119 Å². The number of primary amides is 1. The molecule has 0 aliphatic rings. The maximum absolute atomic E-state index is 14.2. The van der Waals surface area contributed by atoms with Gasteiger partial charge in [-0.25, -0.2) is 20.0 Å². The second-order valence-corrected chi connectivity index (χ2v) is 14.0. The molecule has 0 saturated heterocycles. The first-order valence-electron chi connectivity index (χ1n) is 19.7. The highest BCUT2D eigenvalue weighted by molar-refractivity contribution is 5.99. The smallest absolute Gasteiger partial charge is 0.299 e. The quantitative estimate of drug-likeness (QED) is 0.0130. The Labute approximate surface area is 399 Å². The zero-order valence-electron chi connectivity index (χ0n) is 37.2. The van der Waals surface area contributed by atoms with E-state index in [1.165, 1.54) is 62.8 Å². The molecule has 24 N–H and O–H groups in total. The number of rotatable bonds is 24. The van der Waals surface area contributed by atoms with Crippen LogP contribution in [0.5, 0.6) is 11.5 Å². The average molecular weight is 996 g/mol. The summed E-state index contributed by atoms with van der Waals surface area (Å²) in [6.45, 7) is -0.552. The van der Waals surface area contributed by atoms with Crippen molar-refractivity contribution >= 4 is 76.3 Å². The van der Waals surface area contributed by atoms with Crippen LogP contribution >= 0.6 is 0 Å². The first-order chi connectivity index (χ1) is 33.4. The molecule has 0 saturated carbocycles. The molecule has 3 aromatic carbocycles. The van der Waals surface area contributed by atoms with Crippen molar-refractivity contribution in [2.24, 2.45) is 71.6 Å². The lowest BCUT2D eigenvalue weighted by atomic mass is 10.1. The third-order valence-electron chi connectivity index (χ3n) is 8.97. The number of aliphatic imine (C=N–C) groups is 4. The van der Waals surface area contributed by atoms with Gasteiger partial charge in [0.2, 0.25) is 36.8 Å². The number of methoxy groups -OCH3 is 2. The Morgan fingerprint density at radius 1 is 0.606 bits per heavy atom. The summed E-state index contributed by atoms with van der Waals surface area (Å²) in [4.78, 5) is 118. The number of carbonyl (C=O) groups is 6. The minimum atomic E-state index is -2.45. The van der Waals surface area contributed by atoms with Gasteiger partial charge in [0.05, 0.1) is 30.1 Å². The number of benzene rings is 3. The topological polar surface area (TPSA) is 574 Å². The van der Waals surface area contributed by atoms with Gasteiger partial charge >= 0.3 is 0 Å². The minimum absolute atomic E-state index is 0.0145. The van der Waals surface area contributed by atoms with Crippen LogP contribution in [0.2, 0.25) is 0 Å². The van der Waals surface area contributed by atoms with E-state index < -0.39 is 130 Å². The number of aliphatic hydroxyl groups is 1. The highest BCUT2D eigenvalue weighted by atomic mass is 16.6. The zero-order chi connectivity index (χ0) is 53.3. The Bertz CT molecular complexity index is 2620. The van der Waals surface area contributed by atoms with Gasteiger partial charge in [-0.3, -0.25) is 49.0 Å². The molecular formula is C37H49N21O13. The number of ether oxygens (including phenoxy) is 2. The van der Waals surface area contributed by atoms with E-state index in [0.717, 1.165) is 17.0 Å². The number of amides is 6. The molecule has 380 valence electrons. The number of nitro benzene ring substituents is 2. The van der Waals surface area contributed by atoms with E-state index in [4.69, 9.17) is 61.1 Å². The first kappa shape index (κ1) is 55.1. The number of nitrogens with one attached hydrogen (secondary N) is 5. The molecule has 6 unspecified atom stereocenters. The number of nitrogens with two attached hydrogens (primary N) is 9. The molecule has 3 aromatic rings. The van der Waals surface area contributed by atoms with Gasteiger partial charge in [-0.2, -0.15) is 0 Å². The SMILES string of the molecule is COc1ccc(CN(c2ccc([N+](=O)[O-])cc2[N+](=O)[O-])C(O)C(=O)NC(C(=O)NC(N=C(N)N)C(=O)NC(N=C(N)N)C(=O)NC(N=C(N)N)C(=O)NC(N=C(N)N)C(N)=O)c2ccccc2)c(OC)c1. The molecule has 34 nitrogen and oxygen atoms in total. The van der Waals surface area contributed by atoms with E-state index in [1.54, 1.807) is 0 Å². The summed E-state index contributed by atoms with van der Waals surface area (Å²) in [5.41, 5.74) is 46.8. The number of hydrogen-bond donors (Lipinski definition) is 15. The summed E-state index contributed by atoms with van der Waals surface area (Å²) >= 11 is 0. The largest absolute Gasteiger partial charge is 0.497 e. The molecule has 0 bridgehead atoms. The fourth-order valence-electron chi connectivity index (χ4n) is 5.88. The normalized spacial score (nSPS) is 12.9. The van der Waals surface area contributed by atoms with Crippen molar-refractivity contribution in [2.45, 2.75) is 43.5 Å². The minimum Gasteiger partial charge on any atom is -0.497 e. The van der Waals surface area contributed by atoms with Gasteiger partial charge in [-0.15, -0.1) is 0 Å². The van der Waals surface area contributed by atoms with Gasteiger partial charge < -0.3 is 97.7 Å². The number of nitro groups is 2. The maximum atomic E-state index is 14.2. The Balaban J connectivity index is 2.05. The third kappa shape index (κ3) is 15.9. The van der Waals surface area contributed by atoms with Gasteiger partial charge in [0.1, 0.15) is 23.2 Å². The lowest BCUT2D eigenvalue weighted by Crippen LogP contribution is -2.58. The van der Waals surface area contributed by atoms with Crippen LogP contribution in [0.15, 0.2) is 86.7 Å². The van der Waals surface area contributed by atoms with Crippen LogP contribution in [0.25, 0.3) is 0 Å². The molecule has 6 amide bonds. The summed E-state index contributed by atoms with van der Waals surface area (Å²) in [7, 11) is 2.65. The molecule has 71 heavy (non-hydrogen) atoms. The lowest BCUT2D eigenvalue weighted by molar-refractivity contribution is -0.393. The van der Waals surface area contributed by atoms with Crippen molar-refractivity contribution in [1.29, 1.82) is 0 Å². The van der Waals surface area contributed by atoms with Crippen LogP contribution in [0.4, 0.5) is 17.1 Å². The highest BCUT2D eigenvalue weighted by Crippen LogP contribution is 2.36. The molecule has 0 fully saturated rings. The molecule has 0 heterocycles. The number of non-ortho nitro benzene ring substituents is 1. The predicted octanol–water partition coefficient (Wildman–Crippen LogP) is -6.95. The van der Waals surface area contributed by atoms with Crippen molar-refractivity contribution < 1.29 is 53.2 Å². The molecule has 0 aliphatic carbocycles. The number of guanidine groups is 4. The molecular weight excluding hydrogens is 947 g/mol. The van der Waals surface area contributed by atoms with Gasteiger partial charge in [0, 0.05) is 24.2 Å². The molecule has 34 heteroatoms. The summed E-state index contributed by atoms with van der Waals surface area (Å²) in [6.07, 6.45) is -10.9. The third-order valence-corrected chi connectivity index (χ3v) is 8.97. The van der Waals surface area contributed by atoms with Crippen molar-refractivity contribution in [2.75, 3.05) is 19.1 Å². The number of anilines is 1. The van der Waals surface area contributed by atoms with E-state index in [0.29, 0.717) is 11.8 Å². The van der Waals surface area contributed by atoms with Crippen molar-refractivity contribution in [3.8, 4) is 11.5 Å². The van der Waals surface area contributed by atoms with E-state index >= 15 is 0 Å². The standard InChI is InChI=1S/C37H49N21O13/c1-70-18-10-8-16(21(13-18)71-2)14-56(19-11-9-17(57(66)67)12-20(19)58(68)69)33(65)32(64)47-22(15-6-4-3-5-7-15)28(60)49-25(53-35(41)42)30(62)51-27(55-37(45)46)31(63)50-26(54-36(43)44)29(61)48-24(23(38)59)52-34(39)40/h3-13,22,24-27,33,65H,14H2,1-2H3,(H2,38,59)(H,47,64)(H,48,61)(H,49,60)(H,50,63)(H,51,62)(H4,39,40,52)(H4,41,42,53)(H4,43,44,54)(H4,45,46,55). The summed E-state index contributed by atoms with van der Waals surface area (Å²) < 4.78 is 10.7. The van der Waals surface area contributed by atoms with E-state index in [9.17, 15) is 54.1 Å². The second kappa shape index (κ2) is 25.0. The first-order valence-corrected chi connectivity index (χ1v) is 19.7. The average Bonchev–Trinajstić information content (AvgIpc) is 3.30. The highest BCUT2D eigenvalue weighted by Gasteiger charge is 2.36. The van der Waals surface area contributed by atoms with Crippen LogP contribution in [0, 0.1) is 20.2 Å². The summed E-state index contributed by atoms with van der Waals surface area (Å²) in [6, 6.07) is 11.9. The van der Waals surface area contributed by atoms with Gasteiger partial charge in [-0.05, 0) is 23.8 Å². The Morgan fingerprint density at radius 3 is 1.52 bits per heavy atom. The monoisotopic (exact) mass is 995 g/mol. The summed E-state index contributed by atoms with van der Waals surface area (Å²) in [5, 5.41) is 46.1. The Kier molecular flexibility index (Phi) is 19.4. The molecule has 3 rings (SSSR count). The van der Waals surface area contributed by atoms with Crippen LogP contribution in [-0.2, 0) is 35.3 Å². The molecule has 6 atom stereocenters. The molecule has 0 aliphatic heterocycles. The summed E-state index contributed by atoms with van der Waals surface area (Å²) in [5.74, 6) is -11.0. The van der Waals surface area contributed by atoms with Gasteiger partial charge in [0.15, 0.2) is 23.8 Å². The second-order valence-electron chi connectivity index (χ2n) is 14.0. The number of hydrogen-bond acceptors (Lipinski definition) is 18. The Hall–Kier alpha value is -10.3. The predicted molar refractivity (Wildman–Crippen MR) is 249 cm³/mol. The molecule has 0 spiro atoms. The van der Waals surface area contributed by atoms with Crippen LogP contribution < -0.4 is 92.6 Å². The maximum Gasteiger partial charge on any atom is 0.299 e. The van der Waals surface area contributed by atoms with E-state index in [1.807, 2.05) is 16.0 Å². The molecule has 0 aromatic heterocycles. The van der Waals surface area contributed by atoms with Gasteiger partial charge in [-0.1, -0.05) is 30.3 Å². The number of aliphatic hydroxyl groups excluding tert-OH is 1. The van der Waals surface area contributed by atoms with Crippen LogP contribution in [0.1, 0.15) is 17.2 Å². The molecule has 0 radical (unpaired) electrons. The van der Waals surface area contributed by atoms with Crippen molar-refractivity contribution in [1.82, 2.24) is 26.6 Å².